The van der Waals surface area contributed by atoms with Crippen molar-refractivity contribution in [2.24, 2.45) is 11.7 Å². The number of nitrogens with zero attached hydrogens (tertiary/aromatic N) is 2. The summed E-state index contributed by atoms with van der Waals surface area (Å²) in [6, 6.07) is 3.43. The van der Waals surface area contributed by atoms with Crippen molar-refractivity contribution < 1.29 is 17.6 Å². The van der Waals surface area contributed by atoms with Crippen LogP contribution < -0.4 is 5.73 Å². The molecule has 0 bridgehead atoms. The lowest BCUT2D eigenvalue weighted by Crippen LogP contribution is -2.49. The minimum Gasteiger partial charge on any atom is -0.465 e. The highest BCUT2D eigenvalue weighted by Gasteiger charge is 2.42. The Morgan fingerprint density at radius 3 is 2.65 bits per heavy atom. The van der Waals surface area contributed by atoms with Crippen molar-refractivity contribution in [1.82, 2.24) is 8.61 Å². The fraction of sp³-hybridized carbons (Fsp3) is 0.667. The summed E-state index contributed by atoms with van der Waals surface area (Å²) in [5, 5.41) is 0. The summed E-state index contributed by atoms with van der Waals surface area (Å²) in [5.41, 5.74) is 5.36. The molecule has 0 unspecified atom stereocenters. The number of nitrogens with two attached hydrogens (primary N) is 1. The number of piperidine rings is 1. The van der Waals surface area contributed by atoms with Crippen LogP contribution in [0.25, 0.3) is 0 Å². The minimum atomic E-state index is -3.62. The van der Waals surface area contributed by atoms with E-state index in [9.17, 15) is 13.2 Å². The van der Waals surface area contributed by atoms with Crippen molar-refractivity contribution in [2.45, 2.75) is 38.6 Å². The SMILES string of the molecule is Cc1ccc([C@@H]2CCCN2S(=O)(=O)N2CCC[C@@H](C(N)=O)C2)o1. The van der Waals surface area contributed by atoms with E-state index in [0.29, 0.717) is 31.7 Å². The predicted molar refractivity (Wildman–Crippen MR) is 84.5 cm³/mol. The van der Waals surface area contributed by atoms with Gasteiger partial charge in [0.25, 0.3) is 10.2 Å². The first kappa shape index (κ1) is 16.5. The Morgan fingerprint density at radius 1 is 1.26 bits per heavy atom. The number of hydrogen-bond donors (Lipinski definition) is 1. The molecular formula is C15H23N3O4S. The van der Waals surface area contributed by atoms with Crippen LogP contribution in [-0.2, 0) is 15.0 Å². The summed E-state index contributed by atoms with van der Waals surface area (Å²) >= 11 is 0. The number of carbonyl (C=O) groups excluding carboxylic acids is 1. The fourth-order valence-electron chi connectivity index (χ4n) is 3.47. The third-order valence-electron chi connectivity index (χ3n) is 4.70. The number of aryl methyl sites for hydroxylation is 1. The Labute approximate surface area is 136 Å². The molecule has 23 heavy (non-hydrogen) atoms. The highest BCUT2D eigenvalue weighted by atomic mass is 32.2. The number of hydrogen-bond acceptors (Lipinski definition) is 4. The summed E-state index contributed by atoms with van der Waals surface area (Å²) in [5.74, 6) is 0.637. The molecule has 0 aliphatic carbocycles. The van der Waals surface area contributed by atoms with Crippen LogP contribution in [0, 0.1) is 12.8 Å². The molecule has 3 heterocycles. The minimum absolute atomic E-state index is 0.179. The van der Waals surface area contributed by atoms with Crippen LogP contribution in [0.3, 0.4) is 0 Å². The van der Waals surface area contributed by atoms with Crippen molar-refractivity contribution in [3.63, 3.8) is 0 Å². The maximum atomic E-state index is 13.0. The molecule has 2 atom stereocenters. The average Bonchev–Trinajstić information content (AvgIpc) is 3.16. The number of carbonyl (C=O) groups is 1. The highest BCUT2D eigenvalue weighted by Crippen LogP contribution is 2.36. The Bertz CT molecular complexity index is 685. The zero-order valence-electron chi connectivity index (χ0n) is 13.3. The van der Waals surface area contributed by atoms with E-state index < -0.39 is 22.0 Å². The molecule has 7 nitrogen and oxygen atoms in total. The molecule has 2 N–H and O–H groups in total. The van der Waals surface area contributed by atoms with Gasteiger partial charge < -0.3 is 10.2 Å². The molecule has 1 aromatic rings. The zero-order valence-corrected chi connectivity index (χ0v) is 14.1. The molecule has 8 heteroatoms. The number of rotatable bonds is 4. The van der Waals surface area contributed by atoms with Gasteiger partial charge in [-0.15, -0.1) is 0 Å². The summed E-state index contributed by atoms with van der Waals surface area (Å²) in [4.78, 5) is 11.4. The average molecular weight is 341 g/mol. The van der Waals surface area contributed by atoms with Crippen LogP contribution in [0.5, 0.6) is 0 Å². The van der Waals surface area contributed by atoms with Gasteiger partial charge in [0.2, 0.25) is 5.91 Å². The zero-order chi connectivity index (χ0) is 16.6. The Morgan fingerprint density at radius 2 is 2.00 bits per heavy atom. The number of primary amides is 1. The lowest BCUT2D eigenvalue weighted by atomic mass is 9.99. The van der Waals surface area contributed by atoms with Gasteiger partial charge in [0.05, 0.1) is 12.0 Å². The Kier molecular flexibility index (Phi) is 4.48. The lowest BCUT2D eigenvalue weighted by molar-refractivity contribution is -0.122. The molecule has 0 spiro atoms. The molecule has 2 saturated heterocycles. The van der Waals surface area contributed by atoms with E-state index in [1.165, 1.54) is 8.61 Å². The molecule has 2 fully saturated rings. The van der Waals surface area contributed by atoms with Crippen LogP contribution in [0.4, 0.5) is 0 Å². The van der Waals surface area contributed by atoms with E-state index in [1.807, 2.05) is 19.1 Å². The third kappa shape index (κ3) is 3.15. The van der Waals surface area contributed by atoms with Gasteiger partial charge in [0.1, 0.15) is 11.5 Å². The van der Waals surface area contributed by atoms with Gasteiger partial charge >= 0.3 is 0 Å². The topological polar surface area (TPSA) is 96.9 Å². The second-order valence-electron chi connectivity index (χ2n) is 6.32. The number of amides is 1. The molecular weight excluding hydrogens is 318 g/mol. The molecule has 2 aliphatic rings. The standard InChI is InChI=1S/C15H23N3O4S/c1-11-6-7-14(22-11)13-5-3-9-18(13)23(20,21)17-8-2-4-12(10-17)15(16)19/h6-7,12-13H,2-5,8-10H2,1H3,(H2,16,19)/t12-,13+/m1/s1. The second kappa shape index (κ2) is 6.26. The third-order valence-corrected chi connectivity index (χ3v) is 6.72. The maximum Gasteiger partial charge on any atom is 0.282 e. The van der Waals surface area contributed by atoms with Crippen molar-refractivity contribution >= 4 is 16.1 Å². The van der Waals surface area contributed by atoms with Gasteiger partial charge in [-0.1, -0.05) is 0 Å². The smallest absolute Gasteiger partial charge is 0.282 e. The molecule has 0 aromatic carbocycles. The van der Waals surface area contributed by atoms with Crippen LogP contribution >= 0.6 is 0 Å². The van der Waals surface area contributed by atoms with Gasteiger partial charge in [-0.05, 0) is 44.7 Å². The molecule has 3 rings (SSSR count). The largest absolute Gasteiger partial charge is 0.465 e. The highest BCUT2D eigenvalue weighted by molar-refractivity contribution is 7.86. The van der Waals surface area contributed by atoms with Gasteiger partial charge in [-0.2, -0.15) is 17.0 Å². The molecule has 2 aliphatic heterocycles. The second-order valence-corrected chi connectivity index (χ2v) is 8.21. The van der Waals surface area contributed by atoms with E-state index in [2.05, 4.69) is 0 Å². The first-order valence-electron chi connectivity index (χ1n) is 8.02. The van der Waals surface area contributed by atoms with Crippen LogP contribution in [0.1, 0.15) is 43.2 Å². The summed E-state index contributed by atoms with van der Waals surface area (Å²) in [7, 11) is -3.62. The van der Waals surface area contributed by atoms with E-state index >= 15 is 0 Å². The Hall–Kier alpha value is -1.38. The van der Waals surface area contributed by atoms with Gasteiger partial charge in [0.15, 0.2) is 0 Å². The van der Waals surface area contributed by atoms with Crippen LogP contribution in [0.2, 0.25) is 0 Å². The molecule has 1 amide bonds. The summed E-state index contributed by atoms with van der Waals surface area (Å²) < 4.78 is 34.6. The molecule has 0 saturated carbocycles. The summed E-state index contributed by atoms with van der Waals surface area (Å²) in [6.45, 7) is 2.94. The van der Waals surface area contributed by atoms with E-state index in [1.54, 1.807) is 0 Å². The maximum absolute atomic E-state index is 13.0. The molecule has 1 aromatic heterocycles. The van der Waals surface area contributed by atoms with Crippen molar-refractivity contribution in [3.05, 3.63) is 23.7 Å². The summed E-state index contributed by atoms with van der Waals surface area (Å²) in [6.07, 6.45) is 2.86. The lowest BCUT2D eigenvalue weighted by Gasteiger charge is -2.34. The monoisotopic (exact) mass is 341 g/mol. The quantitative estimate of drug-likeness (QED) is 0.889. The van der Waals surface area contributed by atoms with E-state index in [0.717, 1.165) is 18.6 Å². The van der Waals surface area contributed by atoms with Crippen molar-refractivity contribution in [1.29, 1.82) is 0 Å². The number of furan rings is 1. The Balaban J connectivity index is 1.82. The normalized spacial score (nSPS) is 27.3. The van der Waals surface area contributed by atoms with Crippen molar-refractivity contribution in [3.8, 4) is 0 Å². The van der Waals surface area contributed by atoms with Crippen LogP contribution in [0.15, 0.2) is 16.5 Å². The molecule has 0 radical (unpaired) electrons. The van der Waals surface area contributed by atoms with E-state index in [-0.39, 0.29) is 12.6 Å². The van der Waals surface area contributed by atoms with Gasteiger partial charge in [-0.25, -0.2) is 0 Å². The molecule has 128 valence electrons. The van der Waals surface area contributed by atoms with Crippen molar-refractivity contribution in [2.75, 3.05) is 19.6 Å². The first-order valence-corrected chi connectivity index (χ1v) is 9.42. The van der Waals surface area contributed by atoms with E-state index in [4.69, 9.17) is 10.2 Å². The van der Waals surface area contributed by atoms with Gasteiger partial charge in [0, 0.05) is 19.6 Å². The fourth-order valence-corrected chi connectivity index (χ4v) is 5.38. The van der Waals surface area contributed by atoms with Crippen LogP contribution in [-0.4, -0.2) is 42.6 Å². The first-order chi connectivity index (χ1) is 10.9. The van der Waals surface area contributed by atoms with Gasteiger partial charge in [-0.3, -0.25) is 4.79 Å². The predicted octanol–water partition coefficient (Wildman–Crippen LogP) is 1.17.